The quantitative estimate of drug-likeness (QED) is 0.298. The molecule has 0 aliphatic carbocycles. The molecule has 0 aliphatic heterocycles. The Hall–Kier alpha value is -3.39. The molecule has 0 bridgehead atoms. The second kappa shape index (κ2) is 8.16. The van der Waals surface area contributed by atoms with E-state index in [4.69, 9.17) is 15.6 Å². The summed E-state index contributed by atoms with van der Waals surface area (Å²) in [5, 5.41) is 9.90. The number of aryl methyl sites for hydroxylation is 2. The lowest BCUT2D eigenvalue weighted by Crippen LogP contribution is -2.13. The van der Waals surface area contributed by atoms with Gasteiger partial charge in [-0.25, -0.2) is 9.47 Å². The first-order chi connectivity index (χ1) is 14.5. The zero-order chi connectivity index (χ0) is 21.3. The Balaban J connectivity index is 1.67. The van der Waals surface area contributed by atoms with E-state index in [9.17, 15) is 4.79 Å². The molecule has 7 nitrogen and oxygen atoms in total. The molecule has 0 atom stereocenters. The van der Waals surface area contributed by atoms with Gasteiger partial charge in [0.1, 0.15) is 0 Å². The number of pyridine rings is 1. The minimum absolute atomic E-state index is 0.402. The Morgan fingerprint density at radius 3 is 2.57 bits per heavy atom. The fourth-order valence-electron chi connectivity index (χ4n) is 3.33. The highest BCUT2D eigenvalue weighted by atomic mass is 32.2. The molecular formula is C22H21N5O2S. The lowest BCUT2D eigenvalue weighted by molar-refractivity contribution is 0.0598. The fourth-order valence-corrected chi connectivity index (χ4v) is 4.12. The Morgan fingerprint density at radius 2 is 1.83 bits per heavy atom. The number of hydrogen-bond donors (Lipinski definition) is 1. The van der Waals surface area contributed by atoms with Gasteiger partial charge in [-0.1, -0.05) is 59.8 Å². The Labute approximate surface area is 178 Å². The molecule has 4 aromatic rings. The van der Waals surface area contributed by atoms with Crippen LogP contribution in [0.5, 0.6) is 0 Å². The van der Waals surface area contributed by atoms with Crippen molar-refractivity contribution in [3.63, 3.8) is 0 Å². The number of nitrogens with zero attached hydrogens (tertiary/aromatic N) is 4. The number of rotatable bonds is 5. The summed E-state index contributed by atoms with van der Waals surface area (Å²) in [5.74, 6) is 6.81. The zero-order valence-corrected chi connectivity index (χ0v) is 17.7. The van der Waals surface area contributed by atoms with Gasteiger partial charge in [-0.15, -0.1) is 10.2 Å². The van der Waals surface area contributed by atoms with Crippen molar-refractivity contribution in [3.8, 4) is 11.4 Å². The molecule has 2 heterocycles. The predicted molar refractivity (Wildman–Crippen MR) is 118 cm³/mol. The van der Waals surface area contributed by atoms with Crippen LogP contribution in [0, 0.1) is 13.8 Å². The molecule has 0 fully saturated rings. The van der Waals surface area contributed by atoms with E-state index in [-0.39, 0.29) is 0 Å². The molecule has 2 aromatic carbocycles. The molecule has 2 aromatic heterocycles. The number of thioether (sulfide) groups is 1. The van der Waals surface area contributed by atoms with Gasteiger partial charge in [-0.05, 0) is 25.5 Å². The first kappa shape index (κ1) is 19.9. The largest absolute Gasteiger partial charge is 0.465 e. The normalized spacial score (nSPS) is 11.0. The summed E-state index contributed by atoms with van der Waals surface area (Å²) >= 11 is 1.37. The van der Waals surface area contributed by atoms with Crippen LogP contribution in [0.25, 0.3) is 22.3 Å². The van der Waals surface area contributed by atoms with Gasteiger partial charge in [0, 0.05) is 16.7 Å². The summed E-state index contributed by atoms with van der Waals surface area (Å²) in [5.41, 5.74) is 4.82. The molecule has 152 valence electrons. The number of nitrogen functional groups attached to an aromatic ring is 1. The number of ether oxygens (including phenoxy) is 1. The Bertz CT molecular complexity index is 1230. The van der Waals surface area contributed by atoms with Crippen LogP contribution in [-0.2, 0) is 10.5 Å². The number of carbonyl (C=O) groups excluding carboxylic acids is 1. The minimum Gasteiger partial charge on any atom is -0.465 e. The molecule has 0 unspecified atom stereocenters. The van der Waals surface area contributed by atoms with Crippen molar-refractivity contribution >= 4 is 28.6 Å². The molecule has 0 saturated heterocycles. The van der Waals surface area contributed by atoms with Gasteiger partial charge in [0.25, 0.3) is 0 Å². The third-order valence-corrected chi connectivity index (χ3v) is 5.88. The summed E-state index contributed by atoms with van der Waals surface area (Å²) < 4.78 is 6.47. The topological polar surface area (TPSA) is 95.9 Å². The molecular weight excluding hydrogens is 398 g/mol. The smallest absolute Gasteiger partial charge is 0.340 e. The Morgan fingerprint density at radius 1 is 1.10 bits per heavy atom. The number of aromatic nitrogens is 4. The standard InChI is InChI=1S/C22H21N5O2S/c1-13-8-10-15(11-9-13)20-25-26-22(27(20)23)30-12-18-19(21(28)29-3)14(2)16-6-4-5-7-17(16)24-18/h4-11H,12,23H2,1-3H3. The van der Waals surface area contributed by atoms with Crippen LogP contribution in [0.1, 0.15) is 27.2 Å². The highest BCUT2D eigenvalue weighted by molar-refractivity contribution is 7.98. The van der Waals surface area contributed by atoms with Crippen molar-refractivity contribution in [1.82, 2.24) is 19.9 Å². The lowest BCUT2D eigenvalue weighted by atomic mass is 10.0. The average molecular weight is 420 g/mol. The van der Waals surface area contributed by atoms with Gasteiger partial charge in [-0.3, -0.25) is 4.98 Å². The third-order valence-electron chi connectivity index (χ3n) is 4.93. The predicted octanol–water partition coefficient (Wildman–Crippen LogP) is 3.90. The SMILES string of the molecule is COC(=O)c1c(CSc2nnc(-c3ccc(C)cc3)n2N)nc2ccccc2c1C. The van der Waals surface area contributed by atoms with Crippen LogP contribution in [0.2, 0.25) is 0 Å². The van der Waals surface area contributed by atoms with Crippen LogP contribution in [0.4, 0.5) is 0 Å². The Kier molecular flexibility index (Phi) is 5.41. The zero-order valence-electron chi connectivity index (χ0n) is 16.9. The van der Waals surface area contributed by atoms with Gasteiger partial charge in [0.05, 0.1) is 23.9 Å². The molecule has 0 saturated carbocycles. The van der Waals surface area contributed by atoms with Gasteiger partial charge in [0.2, 0.25) is 5.16 Å². The first-order valence-corrected chi connectivity index (χ1v) is 10.3. The monoisotopic (exact) mass is 419 g/mol. The summed E-state index contributed by atoms with van der Waals surface area (Å²) in [6.07, 6.45) is 0. The summed E-state index contributed by atoms with van der Waals surface area (Å²) in [4.78, 5) is 17.2. The average Bonchev–Trinajstić information content (AvgIpc) is 3.12. The number of nitrogens with two attached hydrogens (primary N) is 1. The number of carbonyl (C=O) groups is 1. The van der Waals surface area contributed by atoms with Crippen molar-refractivity contribution in [2.75, 3.05) is 13.0 Å². The second-order valence-corrected chi connectivity index (χ2v) is 7.84. The van der Waals surface area contributed by atoms with E-state index < -0.39 is 5.97 Å². The minimum atomic E-state index is -0.407. The number of benzene rings is 2. The highest BCUT2D eigenvalue weighted by Gasteiger charge is 2.21. The molecule has 0 amide bonds. The van der Waals surface area contributed by atoms with Crippen LogP contribution in [-0.4, -0.2) is 32.9 Å². The van der Waals surface area contributed by atoms with E-state index in [0.29, 0.717) is 28.0 Å². The molecule has 0 spiro atoms. The summed E-state index contributed by atoms with van der Waals surface area (Å²) in [6, 6.07) is 15.7. The van der Waals surface area contributed by atoms with Crippen molar-refractivity contribution in [2.45, 2.75) is 24.8 Å². The van der Waals surface area contributed by atoms with Crippen LogP contribution >= 0.6 is 11.8 Å². The lowest BCUT2D eigenvalue weighted by Gasteiger charge is -2.13. The molecule has 0 aliphatic rings. The molecule has 0 radical (unpaired) electrons. The van der Waals surface area contributed by atoms with Crippen LogP contribution < -0.4 is 5.84 Å². The van der Waals surface area contributed by atoms with Gasteiger partial charge >= 0.3 is 5.97 Å². The van der Waals surface area contributed by atoms with E-state index in [1.807, 2.05) is 62.4 Å². The summed E-state index contributed by atoms with van der Waals surface area (Å²) in [7, 11) is 1.37. The van der Waals surface area contributed by atoms with E-state index in [1.54, 1.807) is 0 Å². The third kappa shape index (κ3) is 3.61. The van der Waals surface area contributed by atoms with Crippen molar-refractivity contribution < 1.29 is 9.53 Å². The first-order valence-electron chi connectivity index (χ1n) is 9.36. The molecule has 4 rings (SSSR count). The van der Waals surface area contributed by atoms with Crippen molar-refractivity contribution in [2.24, 2.45) is 0 Å². The number of fused-ring (bicyclic) bond motifs is 1. The van der Waals surface area contributed by atoms with E-state index in [1.165, 1.54) is 23.5 Å². The maximum atomic E-state index is 12.5. The number of methoxy groups -OCH3 is 1. The van der Waals surface area contributed by atoms with Gasteiger partial charge in [0.15, 0.2) is 5.82 Å². The number of hydrogen-bond acceptors (Lipinski definition) is 7. The number of para-hydroxylation sites is 1. The van der Waals surface area contributed by atoms with Crippen molar-refractivity contribution in [1.29, 1.82) is 0 Å². The number of esters is 1. The maximum absolute atomic E-state index is 12.5. The van der Waals surface area contributed by atoms with Gasteiger partial charge < -0.3 is 10.6 Å². The molecule has 8 heteroatoms. The van der Waals surface area contributed by atoms with Gasteiger partial charge in [-0.2, -0.15) is 0 Å². The van der Waals surface area contributed by atoms with E-state index in [0.717, 1.165) is 27.6 Å². The van der Waals surface area contributed by atoms with Crippen LogP contribution in [0.3, 0.4) is 0 Å². The molecule has 2 N–H and O–H groups in total. The van der Waals surface area contributed by atoms with E-state index >= 15 is 0 Å². The van der Waals surface area contributed by atoms with E-state index in [2.05, 4.69) is 10.2 Å². The highest BCUT2D eigenvalue weighted by Crippen LogP contribution is 2.29. The van der Waals surface area contributed by atoms with Crippen molar-refractivity contribution in [3.05, 3.63) is 70.9 Å². The second-order valence-electron chi connectivity index (χ2n) is 6.90. The maximum Gasteiger partial charge on any atom is 0.340 e. The van der Waals surface area contributed by atoms with Crippen LogP contribution in [0.15, 0.2) is 53.7 Å². The fraction of sp³-hybridized carbons (Fsp3) is 0.182. The summed E-state index contributed by atoms with van der Waals surface area (Å²) in [6.45, 7) is 3.93. The molecule has 30 heavy (non-hydrogen) atoms.